The van der Waals surface area contributed by atoms with E-state index in [1.165, 1.54) is 0 Å². The molecule has 1 saturated heterocycles. The van der Waals surface area contributed by atoms with Crippen LogP contribution in [-0.4, -0.2) is 42.3 Å². The van der Waals surface area contributed by atoms with E-state index in [4.69, 9.17) is 9.47 Å². The molecule has 0 spiro atoms. The van der Waals surface area contributed by atoms with Gasteiger partial charge in [-0.05, 0) is 32.4 Å². The molecule has 0 atom stereocenters. The van der Waals surface area contributed by atoms with Crippen molar-refractivity contribution in [2.75, 3.05) is 13.2 Å². The van der Waals surface area contributed by atoms with Crippen LogP contribution >= 0.6 is 0 Å². The largest absolute Gasteiger partial charge is 0.348 e. The average Bonchev–Trinajstić information content (AvgIpc) is 2.41. The van der Waals surface area contributed by atoms with Gasteiger partial charge in [-0.2, -0.15) is 0 Å². The third-order valence-electron chi connectivity index (χ3n) is 3.36. The summed E-state index contributed by atoms with van der Waals surface area (Å²) >= 11 is 0. The molecule has 5 nitrogen and oxygen atoms in total. The van der Waals surface area contributed by atoms with E-state index in [1.54, 1.807) is 26.0 Å². The molecule has 0 aliphatic carbocycles. The van der Waals surface area contributed by atoms with E-state index in [0.717, 1.165) is 10.5 Å². The molecule has 5 heteroatoms. The molecule has 2 rings (SSSR count). The Balaban J connectivity index is 2.15. The van der Waals surface area contributed by atoms with E-state index in [1.807, 2.05) is 19.1 Å². The maximum absolute atomic E-state index is 12.4. The normalized spacial score (nSPS) is 18.6. The molecule has 0 saturated carbocycles. The second-order valence-corrected chi connectivity index (χ2v) is 5.31. The first kappa shape index (κ1) is 14.7. The summed E-state index contributed by atoms with van der Waals surface area (Å²) in [4.78, 5) is 24.9. The Kier molecular flexibility index (Phi) is 4.20. The molecule has 0 aromatic heterocycles. The zero-order valence-electron chi connectivity index (χ0n) is 12.0. The molecule has 1 aromatic rings. The van der Waals surface area contributed by atoms with Crippen LogP contribution in [0.2, 0.25) is 0 Å². The van der Waals surface area contributed by atoms with Gasteiger partial charge in [-0.15, -0.1) is 0 Å². The van der Waals surface area contributed by atoms with Crippen LogP contribution in [0, 0.1) is 6.92 Å². The molecule has 1 fully saturated rings. The number of hydrogen-bond donors (Lipinski definition) is 0. The van der Waals surface area contributed by atoms with Crippen LogP contribution in [0.1, 0.15) is 29.8 Å². The highest BCUT2D eigenvalue weighted by Gasteiger charge is 2.34. The van der Waals surface area contributed by atoms with Gasteiger partial charge in [-0.1, -0.05) is 18.2 Å². The first-order valence-electron chi connectivity index (χ1n) is 6.56. The zero-order chi connectivity index (χ0) is 14.8. The monoisotopic (exact) mass is 277 g/mol. The molecule has 1 aliphatic heterocycles. The first-order chi connectivity index (χ1) is 9.44. The number of ether oxygens (including phenoxy) is 2. The van der Waals surface area contributed by atoms with Crippen molar-refractivity contribution < 1.29 is 19.1 Å². The van der Waals surface area contributed by atoms with E-state index >= 15 is 0 Å². The Labute approximate surface area is 118 Å². The maximum atomic E-state index is 12.4. The minimum absolute atomic E-state index is 0.281. The molecule has 0 unspecified atom stereocenters. The smallest absolute Gasteiger partial charge is 0.260 e. The fraction of sp³-hybridized carbons (Fsp3) is 0.467. The van der Waals surface area contributed by atoms with Gasteiger partial charge < -0.3 is 9.47 Å². The number of carbonyl (C=O) groups excluding carboxylic acids is 2. The van der Waals surface area contributed by atoms with Crippen molar-refractivity contribution in [2.24, 2.45) is 0 Å². The van der Waals surface area contributed by atoms with Crippen molar-refractivity contribution in [1.82, 2.24) is 4.90 Å². The highest BCUT2D eigenvalue weighted by atomic mass is 16.7. The van der Waals surface area contributed by atoms with Gasteiger partial charge in [-0.25, -0.2) is 0 Å². The Hall–Kier alpha value is -1.72. The number of imide groups is 1. The molecule has 1 aliphatic rings. The van der Waals surface area contributed by atoms with Crippen LogP contribution < -0.4 is 0 Å². The molecule has 20 heavy (non-hydrogen) atoms. The lowest BCUT2D eigenvalue weighted by molar-refractivity contribution is -0.259. The minimum Gasteiger partial charge on any atom is -0.348 e. The molecule has 108 valence electrons. The summed E-state index contributed by atoms with van der Waals surface area (Å²) < 4.78 is 11.0. The van der Waals surface area contributed by atoms with Gasteiger partial charge in [0.15, 0.2) is 5.79 Å². The lowest BCUT2D eigenvalue weighted by Crippen LogP contribution is -2.52. The zero-order valence-corrected chi connectivity index (χ0v) is 12.0. The van der Waals surface area contributed by atoms with Crippen molar-refractivity contribution in [3.8, 4) is 0 Å². The molecule has 2 amide bonds. The van der Waals surface area contributed by atoms with E-state index in [2.05, 4.69) is 0 Å². The van der Waals surface area contributed by atoms with Crippen LogP contribution in [0.3, 0.4) is 0 Å². The number of nitrogens with zero attached hydrogens (tertiary/aromatic N) is 1. The van der Waals surface area contributed by atoms with Crippen LogP contribution in [0.5, 0.6) is 0 Å². The second-order valence-electron chi connectivity index (χ2n) is 5.31. The second kappa shape index (κ2) is 5.73. The minimum atomic E-state index is -0.670. The average molecular weight is 277 g/mol. The summed E-state index contributed by atoms with van der Waals surface area (Å²) in [6, 6.07) is 6.79. The van der Waals surface area contributed by atoms with Gasteiger partial charge in [0.2, 0.25) is 6.41 Å². The van der Waals surface area contributed by atoms with Crippen molar-refractivity contribution in [1.29, 1.82) is 0 Å². The van der Waals surface area contributed by atoms with Crippen LogP contribution in [0.15, 0.2) is 24.3 Å². The molecular formula is C15H19NO4. The molecule has 1 aromatic carbocycles. The molecule has 1 heterocycles. The molecule has 0 bridgehead atoms. The SMILES string of the molecule is Cc1ccccc1C(=O)N(C=O)C1COC(C)(C)OC1. The Bertz CT molecular complexity index is 502. The van der Waals surface area contributed by atoms with E-state index < -0.39 is 11.8 Å². The lowest BCUT2D eigenvalue weighted by Gasteiger charge is -2.38. The number of carbonyl (C=O) groups is 2. The summed E-state index contributed by atoms with van der Waals surface area (Å²) in [7, 11) is 0. The van der Waals surface area contributed by atoms with Crippen molar-refractivity contribution >= 4 is 12.3 Å². The Morgan fingerprint density at radius 3 is 2.45 bits per heavy atom. The summed E-state index contributed by atoms with van der Waals surface area (Å²) in [6.45, 7) is 6.01. The van der Waals surface area contributed by atoms with E-state index in [-0.39, 0.29) is 19.1 Å². The standard InChI is InChI=1S/C15H19NO4/c1-11-6-4-5-7-13(11)14(18)16(10-17)12-8-19-15(2,3)20-9-12/h4-7,10,12H,8-9H2,1-3H3. The molecular weight excluding hydrogens is 258 g/mol. The number of aryl methyl sites for hydroxylation is 1. The summed E-state index contributed by atoms with van der Waals surface area (Å²) in [5.41, 5.74) is 1.35. The Morgan fingerprint density at radius 2 is 1.90 bits per heavy atom. The maximum Gasteiger partial charge on any atom is 0.260 e. The van der Waals surface area contributed by atoms with Crippen LogP contribution in [-0.2, 0) is 14.3 Å². The highest BCUT2D eigenvalue weighted by Crippen LogP contribution is 2.21. The van der Waals surface area contributed by atoms with Gasteiger partial charge in [0.05, 0.1) is 19.3 Å². The van der Waals surface area contributed by atoms with Gasteiger partial charge >= 0.3 is 0 Å². The van der Waals surface area contributed by atoms with E-state index in [9.17, 15) is 9.59 Å². The van der Waals surface area contributed by atoms with E-state index in [0.29, 0.717) is 12.0 Å². The van der Waals surface area contributed by atoms with Gasteiger partial charge in [-0.3, -0.25) is 14.5 Å². The quantitative estimate of drug-likeness (QED) is 0.790. The lowest BCUT2D eigenvalue weighted by atomic mass is 10.1. The summed E-state index contributed by atoms with van der Waals surface area (Å²) in [5, 5.41) is 0. The molecule has 0 radical (unpaired) electrons. The number of amides is 2. The van der Waals surface area contributed by atoms with Crippen LogP contribution in [0.25, 0.3) is 0 Å². The van der Waals surface area contributed by atoms with Gasteiger partial charge in [0, 0.05) is 5.56 Å². The van der Waals surface area contributed by atoms with Gasteiger partial charge in [0.25, 0.3) is 5.91 Å². The third kappa shape index (κ3) is 3.05. The van der Waals surface area contributed by atoms with Crippen LogP contribution in [0.4, 0.5) is 0 Å². The van der Waals surface area contributed by atoms with Crippen molar-refractivity contribution in [3.63, 3.8) is 0 Å². The highest BCUT2D eigenvalue weighted by molar-refractivity contribution is 6.01. The predicted molar refractivity (Wildman–Crippen MR) is 73.2 cm³/mol. The van der Waals surface area contributed by atoms with Crippen molar-refractivity contribution in [3.05, 3.63) is 35.4 Å². The molecule has 0 N–H and O–H groups in total. The number of hydrogen-bond acceptors (Lipinski definition) is 4. The number of rotatable bonds is 3. The Morgan fingerprint density at radius 1 is 1.30 bits per heavy atom. The van der Waals surface area contributed by atoms with Gasteiger partial charge in [0.1, 0.15) is 0 Å². The summed E-state index contributed by atoms with van der Waals surface area (Å²) in [6.07, 6.45) is 0.546. The summed E-state index contributed by atoms with van der Waals surface area (Å²) in [5.74, 6) is -0.994. The third-order valence-corrected chi connectivity index (χ3v) is 3.36. The number of benzene rings is 1. The first-order valence-corrected chi connectivity index (χ1v) is 6.56. The predicted octanol–water partition coefficient (Wildman–Crippen LogP) is 1.75. The topological polar surface area (TPSA) is 55.8 Å². The van der Waals surface area contributed by atoms with Crippen molar-refractivity contribution in [2.45, 2.75) is 32.6 Å². The fourth-order valence-corrected chi connectivity index (χ4v) is 2.10. The fourth-order valence-electron chi connectivity index (χ4n) is 2.10.